The number of carbonyl (C=O) groups is 1. The highest BCUT2D eigenvalue weighted by molar-refractivity contribution is 5.91. The molecule has 2 aromatic rings. The van der Waals surface area contributed by atoms with Gasteiger partial charge in [0.2, 0.25) is 0 Å². The fourth-order valence-electron chi connectivity index (χ4n) is 3.91. The third-order valence-electron chi connectivity index (χ3n) is 5.39. The Morgan fingerprint density at radius 3 is 2.85 bits per heavy atom. The largest absolute Gasteiger partial charge is 0.496 e. The molecule has 1 fully saturated rings. The molecule has 3 heterocycles. The summed E-state index contributed by atoms with van der Waals surface area (Å²) >= 11 is 0. The van der Waals surface area contributed by atoms with Crippen LogP contribution in [0.25, 0.3) is 0 Å². The molecule has 1 aromatic carbocycles. The minimum Gasteiger partial charge on any atom is -0.496 e. The van der Waals surface area contributed by atoms with Gasteiger partial charge >= 0.3 is 0 Å². The van der Waals surface area contributed by atoms with Gasteiger partial charge in [-0.1, -0.05) is 0 Å². The molecule has 1 amide bonds. The van der Waals surface area contributed by atoms with Gasteiger partial charge in [-0.15, -0.1) is 0 Å². The maximum absolute atomic E-state index is 12.3. The van der Waals surface area contributed by atoms with Crippen LogP contribution >= 0.6 is 0 Å². The van der Waals surface area contributed by atoms with E-state index in [1.165, 1.54) is 11.8 Å². The summed E-state index contributed by atoms with van der Waals surface area (Å²) in [7, 11) is 1.71. The Morgan fingerprint density at radius 1 is 1.33 bits per heavy atom. The van der Waals surface area contributed by atoms with E-state index in [0.717, 1.165) is 56.0 Å². The van der Waals surface area contributed by atoms with Crippen LogP contribution in [0.2, 0.25) is 0 Å². The van der Waals surface area contributed by atoms with Gasteiger partial charge in [0, 0.05) is 43.2 Å². The number of nitrogens with one attached hydrogen (secondary N) is 1. The van der Waals surface area contributed by atoms with Gasteiger partial charge in [0.05, 0.1) is 13.4 Å². The number of hydrogen-bond acceptors (Lipinski definition) is 5. The molecule has 1 N–H and O–H groups in total. The van der Waals surface area contributed by atoms with Crippen molar-refractivity contribution < 1.29 is 18.7 Å². The fourth-order valence-corrected chi connectivity index (χ4v) is 3.91. The summed E-state index contributed by atoms with van der Waals surface area (Å²) in [5.41, 5.74) is 2.33. The summed E-state index contributed by atoms with van der Waals surface area (Å²) in [6, 6.07) is 8.04. The van der Waals surface area contributed by atoms with Crippen LogP contribution < -0.4 is 14.8 Å². The minimum atomic E-state index is -0.0231. The standard InChI is InChI=1S/C21H26N2O4/c1-14-10-15-11-19(25-2)16(12-20(15)27-14)13-22-17-5-7-23(8-6-17)21(24)18-4-3-9-26-18/h3-4,9,11-12,14,17,22H,5-8,10,13H2,1-2H3/t14-/m0/s1. The number of fused-ring (bicyclic) bond motifs is 1. The number of piperidine rings is 1. The number of benzene rings is 1. The monoisotopic (exact) mass is 370 g/mol. The molecule has 4 rings (SSSR count). The maximum Gasteiger partial charge on any atom is 0.289 e. The molecule has 0 radical (unpaired) electrons. The zero-order valence-electron chi connectivity index (χ0n) is 15.9. The number of ether oxygens (including phenoxy) is 2. The molecule has 2 aliphatic heterocycles. The molecule has 0 aliphatic carbocycles. The lowest BCUT2D eigenvalue weighted by Gasteiger charge is -2.32. The molecule has 144 valence electrons. The van der Waals surface area contributed by atoms with Gasteiger partial charge in [0.15, 0.2) is 5.76 Å². The molecule has 1 aromatic heterocycles. The summed E-state index contributed by atoms with van der Waals surface area (Å²) in [5.74, 6) is 2.27. The Bertz CT molecular complexity index is 795. The zero-order valence-corrected chi connectivity index (χ0v) is 15.9. The van der Waals surface area contributed by atoms with Crippen molar-refractivity contribution in [3.05, 3.63) is 47.4 Å². The average Bonchev–Trinajstić information content (AvgIpc) is 3.34. The first-order chi connectivity index (χ1) is 13.1. The second kappa shape index (κ2) is 7.64. The van der Waals surface area contributed by atoms with Crippen LogP contribution in [0, 0.1) is 0 Å². The zero-order chi connectivity index (χ0) is 18.8. The Labute approximate surface area is 159 Å². The van der Waals surface area contributed by atoms with Crippen molar-refractivity contribution >= 4 is 5.91 Å². The molecule has 0 bridgehead atoms. The molecular weight excluding hydrogens is 344 g/mol. The molecule has 0 unspecified atom stereocenters. The first-order valence-corrected chi connectivity index (χ1v) is 9.56. The Morgan fingerprint density at radius 2 is 2.15 bits per heavy atom. The summed E-state index contributed by atoms with van der Waals surface area (Å²) in [6.45, 7) is 4.28. The fraction of sp³-hybridized carbons (Fsp3) is 0.476. The molecular formula is C21H26N2O4. The molecule has 27 heavy (non-hydrogen) atoms. The normalized spacial score (nSPS) is 19.6. The van der Waals surface area contributed by atoms with Crippen molar-refractivity contribution in [2.45, 2.75) is 44.9 Å². The van der Waals surface area contributed by atoms with Crippen LogP contribution in [0.15, 0.2) is 34.9 Å². The number of methoxy groups -OCH3 is 1. The SMILES string of the molecule is COc1cc2c(cc1CNC1CCN(C(=O)c3ccco3)CC1)O[C@@H](C)C2. The molecule has 2 aliphatic rings. The van der Waals surface area contributed by atoms with E-state index in [1.807, 2.05) is 4.90 Å². The van der Waals surface area contributed by atoms with Crippen LogP contribution in [0.3, 0.4) is 0 Å². The van der Waals surface area contributed by atoms with E-state index in [2.05, 4.69) is 24.4 Å². The minimum absolute atomic E-state index is 0.0231. The molecule has 1 saturated heterocycles. The highest BCUT2D eigenvalue weighted by Gasteiger charge is 2.26. The predicted molar refractivity (Wildman–Crippen MR) is 101 cm³/mol. The lowest BCUT2D eigenvalue weighted by Crippen LogP contribution is -2.44. The van der Waals surface area contributed by atoms with Crippen LogP contribution in [-0.4, -0.2) is 43.2 Å². The van der Waals surface area contributed by atoms with E-state index < -0.39 is 0 Å². The van der Waals surface area contributed by atoms with Gasteiger partial charge in [-0.3, -0.25) is 4.79 Å². The Hall–Kier alpha value is -2.47. The number of hydrogen-bond donors (Lipinski definition) is 1. The number of carbonyl (C=O) groups excluding carboxylic acids is 1. The molecule has 0 saturated carbocycles. The number of amides is 1. The van der Waals surface area contributed by atoms with E-state index in [0.29, 0.717) is 11.8 Å². The van der Waals surface area contributed by atoms with Crippen molar-refractivity contribution in [1.82, 2.24) is 10.2 Å². The van der Waals surface area contributed by atoms with Crippen LogP contribution in [0.1, 0.15) is 41.4 Å². The Kier molecular flexibility index (Phi) is 5.07. The highest BCUT2D eigenvalue weighted by Crippen LogP contribution is 2.35. The third kappa shape index (κ3) is 3.81. The quantitative estimate of drug-likeness (QED) is 0.877. The first-order valence-electron chi connectivity index (χ1n) is 9.56. The van der Waals surface area contributed by atoms with Crippen molar-refractivity contribution in [3.63, 3.8) is 0 Å². The van der Waals surface area contributed by atoms with Gasteiger partial charge in [0.1, 0.15) is 17.6 Å². The predicted octanol–water partition coefficient (Wildman–Crippen LogP) is 3.01. The second-order valence-electron chi connectivity index (χ2n) is 7.33. The van der Waals surface area contributed by atoms with Crippen molar-refractivity contribution in [2.24, 2.45) is 0 Å². The summed E-state index contributed by atoms with van der Waals surface area (Å²) < 4.78 is 16.7. The average molecular weight is 370 g/mol. The number of likely N-dealkylation sites (tertiary alicyclic amines) is 1. The van der Waals surface area contributed by atoms with Gasteiger partial charge in [0.25, 0.3) is 5.91 Å². The molecule has 1 atom stereocenters. The summed E-state index contributed by atoms with van der Waals surface area (Å²) in [6.07, 6.45) is 4.54. The van der Waals surface area contributed by atoms with E-state index in [1.54, 1.807) is 19.2 Å². The van der Waals surface area contributed by atoms with Gasteiger partial charge < -0.3 is 24.1 Å². The molecule has 6 heteroatoms. The van der Waals surface area contributed by atoms with E-state index in [9.17, 15) is 4.79 Å². The Balaban J connectivity index is 1.33. The van der Waals surface area contributed by atoms with Crippen molar-refractivity contribution in [3.8, 4) is 11.5 Å². The highest BCUT2D eigenvalue weighted by atomic mass is 16.5. The molecule has 6 nitrogen and oxygen atoms in total. The first kappa shape index (κ1) is 17.9. The molecule has 0 spiro atoms. The van der Waals surface area contributed by atoms with Crippen LogP contribution in [0.5, 0.6) is 11.5 Å². The number of nitrogens with zero attached hydrogens (tertiary/aromatic N) is 1. The van der Waals surface area contributed by atoms with Crippen LogP contribution in [-0.2, 0) is 13.0 Å². The number of furan rings is 1. The maximum atomic E-state index is 12.3. The lowest BCUT2D eigenvalue weighted by atomic mass is 10.0. The smallest absolute Gasteiger partial charge is 0.289 e. The third-order valence-corrected chi connectivity index (χ3v) is 5.39. The number of rotatable bonds is 5. The van der Waals surface area contributed by atoms with Crippen molar-refractivity contribution in [1.29, 1.82) is 0 Å². The second-order valence-corrected chi connectivity index (χ2v) is 7.33. The van der Waals surface area contributed by atoms with E-state index in [4.69, 9.17) is 13.9 Å². The van der Waals surface area contributed by atoms with Gasteiger partial charge in [-0.05, 0) is 44.0 Å². The summed E-state index contributed by atoms with van der Waals surface area (Å²) in [4.78, 5) is 14.2. The van der Waals surface area contributed by atoms with E-state index >= 15 is 0 Å². The lowest BCUT2D eigenvalue weighted by molar-refractivity contribution is 0.0672. The van der Waals surface area contributed by atoms with Gasteiger partial charge in [-0.25, -0.2) is 0 Å². The van der Waals surface area contributed by atoms with Crippen LogP contribution in [0.4, 0.5) is 0 Å². The topological polar surface area (TPSA) is 63.9 Å². The van der Waals surface area contributed by atoms with Crippen molar-refractivity contribution in [2.75, 3.05) is 20.2 Å². The van der Waals surface area contributed by atoms with E-state index in [-0.39, 0.29) is 12.0 Å². The van der Waals surface area contributed by atoms with Gasteiger partial charge in [-0.2, -0.15) is 0 Å². The summed E-state index contributed by atoms with van der Waals surface area (Å²) in [5, 5.41) is 3.61.